The van der Waals surface area contributed by atoms with E-state index in [9.17, 15) is 8.42 Å². The van der Waals surface area contributed by atoms with Crippen LogP contribution in [0, 0.1) is 11.8 Å². The Labute approximate surface area is 99.2 Å². The van der Waals surface area contributed by atoms with Crippen LogP contribution in [0.5, 0.6) is 0 Å². The van der Waals surface area contributed by atoms with Crippen LogP contribution in [0.1, 0.15) is 33.6 Å². The molecular weight excluding hydrogens is 224 g/mol. The van der Waals surface area contributed by atoms with E-state index >= 15 is 0 Å². The predicted octanol–water partition coefficient (Wildman–Crippen LogP) is 0.707. The second-order valence-corrected chi connectivity index (χ2v) is 5.78. The van der Waals surface area contributed by atoms with E-state index in [0.717, 1.165) is 6.54 Å². The van der Waals surface area contributed by atoms with Gasteiger partial charge in [-0.15, -0.1) is 11.8 Å². The van der Waals surface area contributed by atoms with Gasteiger partial charge in [0, 0.05) is 19.0 Å². The summed E-state index contributed by atoms with van der Waals surface area (Å²) in [4.78, 5) is 0. The van der Waals surface area contributed by atoms with E-state index in [-0.39, 0.29) is 5.75 Å². The quantitative estimate of drug-likeness (QED) is 0.490. The van der Waals surface area contributed by atoms with Crippen molar-refractivity contribution in [3.05, 3.63) is 0 Å². The van der Waals surface area contributed by atoms with Crippen LogP contribution in [0.25, 0.3) is 0 Å². The highest BCUT2D eigenvalue weighted by atomic mass is 32.2. The molecule has 0 aliphatic heterocycles. The first-order valence-electron chi connectivity index (χ1n) is 5.58. The molecule has 0 amide bonds. The zero-order valence-corrected chi connectivity index (χ0v) is 11.2. The molecule has 16 heavy (non-hydrogen) atoms. The second kappa shape index (κ2) is 8.57. The monoisotopic (exact) mass is 246 g/mol. The summed E-state index contributed by atoms with van der Waals surface area (Å²) in [6, 6.07) is 0.399. The van der Waals surface area contributed by atoms with E-state index in [1.54, 1.807) is 6.92 Å². The SMILES string of the molecule is CC#CCCNS(=O)(=O)CCCNC(C)C. The maximum absolute atomic E-state index is 11.5. The van der Waals surface area contributed by atoms with E-state index in [1.807, 2.05) is 13.8 Å². The molecule has 0 aromatic heterocycles. The van der Waals surface area contributed by atoms with Gasteiger partial charge >= 0.3 is 0 Å². The standard InChI is InChI=1S/C11H22N2O2S/c1-4-5-6-9-13-16(14,15)10-7-8-12-11(2)3/h11-13H,6-10H2,1-3H3. The van der Waals surface area contributed by atoms with Crippen LogP contribution in [0.15, 0.2) is 0 Å². The fourth-order valence-corrected chi connectivity index (χ4v) is 2.20. The lowest BCUT2D eigenvalue weighted by molar-refractivity contribution is 0.561. The third-order valence-corrected chi connectivity index (χ3v) is 3.36. The minimum Gasteiger partial charge on any atom is -0.314 e. The molecule has 5 heteroatoms. The lowest BCUT2D eigenvalue weighted by Gasteiger charge is -2.08. The van der Waals surface area contributed by atoms with Crippen LogP contribution < -0.4 is 10.0 Å². The lowest BCUT2D eigenvalue weighted by Crippen LogP contribution is -2.30. The Morgan fingerprint density at radius 2 is 1.94 bits per heavy atom. The van der Waals surface area contributed by atoms with Crippen molar-refractivity contribution < 1.29 is 8.42 Å². The first kappa shape index (κ1) is 15.4. The van der Waals surface area contributed by atoms with Gasteiger partial charge in [0.1, 0.15) is 0 Å². The lowest BCUT2D eigenvalue weighted by atomic mass is 10.4. The molecule has 94 valence electrons. The Morgan fingerprint density at radius 3 is 2.50 bits per heavy atom. The molecule has 0 fully saturated rings. The zero-order chi connectivity index (χ0) is 12.4. The molecule has 0 atom stereocenters. The van der Waals surface area contributed by atoms with Crippen molar-refractivity contribution >= 4 is 10.0 Å². The molecule has 0 radical (unpaired) electrons. The maximum atomic E-state index is 11.5. The van der Waals surface area contributed by atoms with Gasteiger partial charge in [-0.1, -0.05) is 13.8 Å². The van der Waals surface area contributed by atoms with Gasteiger partial charge in [-0.25, -0.2) is 13.1 Å². The highest BCUT2D eigenvalue weighted by Gasteiger charge is 2.08. The molecule has 2 N–H and O–H groups in total. The highest BCUT2D eigenvalue weighted by molar-refractivity contribution is 7.89. The van der Waals surface area contributed by atoms with E-state index < -0.39 is 10.0 Å². The zero-order valence-electron chi connectivity index (χ0n) is 10.3. The van der Waals surface area contributed by atoms with Gasteiger partial charge in [0.05, 0.1) is 5.75 Å². The van der Waals surface area contributed by atoms with Crippen molar-refractivity contribution in [1.82, 2.24) is 10.0 Å². The smallest absolute Gasteiger partial charge is 0.211 e. The Balaban J connectivity index is 3.65. The Kier molecular flexibility index (Phi) is 8.26. The molecule has 0 spiro atoms. The Morgan fingerprint density at radius 1 is 1.25 bits per heavy atom. The van der Waals surface area contributed by atoms with Crippen LogP contribution in [0.2, 0.25) is 0 Å². The molecule has 4 nitrogen and oxygen atoms in total. The summed E-state index contributed by atoms with van der Waals surface area (Å²) < 4.78 is 25.4. The summed E-state index contributed by atoms with van der Waals surface area (Å²) in [7, 11) is -3.12. The van der Waals surface area contributed by atoms with Crippen LogP contribution in [-0.2, 0) is 10.0 Å². The van der Waals surface area contributed by atoms with Crippen LogP contribution >= 0.6 is 0 Å². The maximum Gasteiger partial charge on any atom is 0.211 e. The van der Waals surface area contributed by atoms with Gasteiger partial charge in [0.15, 0.2) is 0 Å². The highest BCUT2D eigenvalue weighted by Crippen LogP contribution is 1.90. The molecule has 0 rings (SSSR count). The summed E-state index contributed by atoms with van der Waals surface area (Å²) in [5.74, 6) is 5.71. The molecule has 0 heterocycles. The van der Waals surface area contributed by atoms with E-state index in [1.165, 1.54) is 0 Å². The Hall–Kier alpha value is -0.570. The summed E-state index contributed by atoms with van der Waals surface area (Å²) in [5, 5.41) is 3.18. The topological polar surface area (TPSA) is 58.2 Å². The first-order valence-corrected chi connectivity index (χ1v) is 7.23. The summed E-state index contributed by atoms with van der Waals surface area (Å²) in [5.41, 5.74) is 0. The molecule has 0 aliphatic rings. The summed E-state index contributed by atoms with van der Waals surface area (Å²) in [6.45, 7) is 6.95. The molecular formula is C11H22N2O2S. The summed E-state index contributed by atoms with van der Waals surface area (Å²) in [6.07, 6.45) is 1.20. The third-order valence-electron chi connectivity index (χ3n) is 1.89. The van der Waals surface area contributed by atoms with Crippen molar-refractivity contribution in [1.29, 1.82) is 0 Å². The largest absolute Gasteiger partial charge is 0.314 e. The molecule has 0 aliphatic carbocycles. The number of rotatable bonds is 8. The first-order chi connectivity index (χ1) is 7.48. The fourth-order valence-electron chi connectivity index (χ4n) is 1.12. The predicted molar refractivity (Wildman–Crippen MR) is 67.6 cm³/mol. The van der Waals surface area contributed by atoms with Crippen LogP contribution in [0.3, 0.4) is 0 Å². The summed E-state index contributed by atoms with van der Waals surface area (Å²) >= 11 is 0. The molecule has 0 aromatic carbocycles. The van der Waals surface area contributed by atoms with Crippen molar-refractivity contribution in [3.63, 3.8) is 0 Å². The molecule has 0 bridgehead atoms. The molecule has 0 saturated carbocycles. The van der Waals surface area contributed by atoms with E-state index in [4.69, 9.17) is 0 Å². The average molecular weight is 246 g/mol. The number of nitrogens with one attached hydrogen (secondary N) is 2. The van der Waals surface area contributed by atoms with Gasteiger partial charge in [0.25, 0.3) is 0 Å². The number of hydrogen-bond donors (Lipinski definition) is 2. The van der Waals surface area contributed by atoms with Crippen LogP contribution in [0.4, 0.5) is 0 Å². The van der Waals surface area contributed by atoms with Crippen molar-refractivity contribution in [2.45, 2.75) is 39.7 Å². The van der Waals surface area contributed by atoms with Gasteiger partial charge in [-0.3, -0.25) is 0 Å². The van der Waals surface area contributed by atoms with Gasteiger partial charge in [-0.2, -0.15) is 0 Å². The fraction of sp³-hybridized carbons (Fsp3) is 0.818. The van der Waals surface area contributed by atoms with E-state index in [2.05, 4.69) is 21.9 Å². The Bertz CT molecular complexity index is 326. The molecule has 0 saturated heterocycles. The molecule has 0 aromatic rings. The molecule has 0 unspecified atom stereocenters. The normalized spacial score (nSPS) is 11.2. The number of hydrogen-bond acceptors (Lipinski definition) is 3. The minimum absolute atomic E-state index is 0.173. The van der Waals surface area contributed by atoms with Gasteiger partial charge in [-0.05, 0) is 19.9 Å². The second-order valence-electron chi connectivity index (χ2n) is 3.85. The average Bonchev–Trinajstić information content (AvgIpc) is 2.19. The van der Waals surface area contributed by atoms with Crippen LogP contribution in [-0.4, -0.2) is 33.3 Å². The third kappa shape index (κ3) is 9.97. The van der Waals surface area contributed by atoms with Crippen molar-refractivity contribution in [3.8, 4) is 11.8 Å². The van der Waals surface area contributed by atoms with E-state index in [0.29, 0.717) is 25.4 Å². The number of sulfonamides is 1. The van der Waals surface area contributed by atoms with Gasteiger partial charge < -0.3 is 5.32 Å². The van der Waals surface area contributed by atoms with Crippen molar-refractivity contribution in [2.24, 2.45) is 0 Å². The van der Waals surface area contributed by atoms with Gasteiger partial charge in [0.2, 0.25) is 10.0 Å². The van der Waals surface area contributed by atoms with Crippen molar-refractivity contribution in [2.75, 3.05) is 18.8 Å². The minimum atomic E-state index is -3.12.